The number of carbonyl (C=O) groups excluding carboxylic acids is 1. The van der Waals surface area contributed by atoms with Gasteiger partial charge in [-0.2, -0.15) is 5.10 Å². The lowest BCUT2D eigenvalue weighted by Crippen LogP contribution is -2.51. The van der Waals surface area contributed by atoms with E-state index in [1.165, 1.54) is 5.56 Å². The third-order valence-corrected chi connectivity index (χ3v) is 6.26. The lowest BCUT2D eigenvalue weighted by atomic mass is 9.97. The molecule has 0 saturated carbocycles. The van der Waals surface area contributed by atoms with Gasteiger partial charge in [0.05, 0.1) is 6.04 Å². The van der Waals surface area contributed by atoms with Crippen molar-refractivity contribution in [2.45, 2.75) is 38.6 Å². The molecule has 2 aliphatic heterocycles. The number of aryl methyl sites for hydroxylation is 2. The summed E-state index contributed by atoms with van der Waals surface area (Å²) in [5.41, 5.74) is 3.20. The Bertz CT molecular complexity index is 1010. The molecule has 7 nitrogen and oxygen atoms in total. The van der Waals surface area contributed by atoms with Crippen LogP contribution in [-0.2, 0) is 11.2 Å². The maximum atomic E-state index is 12.9. The maximum absolute atomic E-state index is 12.9. The average Bonchev–Trinajstić information content (AvgIpc) is 3.34. The Morgan fingerprint density at radius 2 is 2.07 bits per heavy atom. The molecule has 0 aromatic carbocycles. The van der Waals surface area contributed by atoms with E-state index >= 15 is 0 Å². The first-order valence-electron chi connectivity index (χ1n) is 10.4. The van der Waals surface area contributed by atoms with Gasteiger partial charge >= 0.3 is 0 Å². The highest BCUT2D eigenvalue weighted by Gasteiger charge is 2.42. The van der Waals surface area contributed by atoms with Gasteiger partial charge in [0.25, 0.3) is 0 Å². The molecular weight excluding hydrogens is 364 g/mol. The van der Waals surface area contributed by atoms with Crippen molar-refractivity contribution >= 4 is 17.4 Å². The second-order valence-electron chi connectivity index (χ2n) is 8.20. The molecule has 5 rings (SSSR count). The van der Waals surface area contributed by atoms with Gasteiger partial charge in [0.2, 0.25) is 5.91 Å². The number of nitrogens with zero attached hydrogens (tertiary/aromatic N) is 6. The van der Waals surface area contributed by atoms with E-state index < -0.39 is 0 Å². The van der Waals surface area contributed by atoms with Gasteiger partial charge in [-0.3, -0.25) is 4.79 Å². The molecule has 2 aliphatic rings. The number of piperazine rings is 1. The lowest BCUT2D eigenvalue weighted by molar-refractivity contribution is -0.132. The predicted octanol–water partition coefficient (Wildman–Crippen LogP) is 2.49. The first kappa shape index (κ1) is 18.1. The van der Waals surface area contributed by atoms with Gasteiger partial charge < -0.3 is 9.80 Å². The summed E-state index contributed by atoms with van der Waals surface area (Å²) in [6, 6.07) is 10.6. The predicted molar refractivity (Wildman–Crippen MR) is 111 cm³/mol. The van der Waals surface area contributed by atoms with Crippen molar-refractivity contribution in [3.05, 3.63) is 54.1 Å². The summed E-state index contributed by atoms with van der Waals surface area (Å²) in [6.07, 6.45) is 7.29. The van der Waals surface area contributed by atoms with Crippen molar-refractivity contribution in [1.29, 1.82) is 0 Å². The van der Waals surface area contributed by atoms with Crippen LogP contribution in [0.2, 0.25) is 0 Å². The van der Waals surface area contributed by atoms with Gasteiger partial charge in [-0.05, 0) is 56.4 Å². The summed E-state index contributed by atoms with van der Waals surface area (Å²) in [5.74, 6) is 1.50. The highest BCUT2D eigenvalue weighted by molar-refractivity contribution is 5.82. The Kier molecular flexibility index (Phi) is 4.66. The van der Waals surface area contributed by atoms with Crippen molar-refractivity contribution in [3.63, 3.8) is 0 Å². The fourth-order valence-electron chi connectivity index (χ4n) is 4.73. The molecule has 2 saturated heterocycles. The molecule has 5 heterocycles. The zero-order valence-corrected chi connectivity index (χ0v) is 16.7. The van der Waals surface area contributed by atoms with Crippen molar-refractivity contribution < 1.29 is 4.79 Å². The molecular formula is C22H26N6O. The van der Waals surface area contributed by atoms with E-state index in [0.717, 1.165) is 62.5 Å². The third kappa shape index (κ3) is 3.45. The molecule has 2 atom stereocenters. The number of hydrogen-bond donors (Lipinski definition) is 0. The highest BCUT2D eigenvalue weighted by Crippen LogP contribution is 2.32. The first-order valence-corrected chi connectivity index (χ1v) is 10.4. The van der Waals surface area contributed by atoms with Crippen molar-refractivity contribution in [2.24, 2.45) is 5.92 Å². The minimum atomic E-state index is 0.140. The molecule has 3 aromatic heterocycles. The summed E-state index contributed by atoms with van der Waals surface area (Å²) < 4.78 is 1.90. The van der Waals surface area contributed by atoms with Crippen molar-refractivity contribution in [2.75, 3.05) is 24.5 Å². The van der Waals surface area contributed by atoms with E-state index in [1.807, 2.05) is 22.8 Å². The Hall–Kier alpha value is -2.96. The average molecular weight is 390 g/mol. The number of rotatable bonds is 5. The van der Waals surface area contributed by atoms with E-state index in [4.69, 9.17) is 0 Å². The Labute approximate surface area is 170 Å². The van der Waals surface area contributed by atoms with Crippen LogP contribution < -0.4 is 4.90 Å². The van der Waals surface area contributed by atoms with Gasteiger partial charge in [0.15, 0.2) is 5.65 Å². The Morgan fingerprint density at radius 1 is 1.14 bits per heavy atom. The summed E-state index contributed by atoms with van der Waals surface area (Å²) in [5, 5.41) is 4.30. The van der Waals surface area contributed by atoms with Crippen LogP contribution in [0.1, 0.15) is 30.5 Å². The van der Waals surface area contributed by atoms with E-state index in [2.05, 4.69) is 50.0 Å². The minimum Gasteiger partial charge on any atom is -0.353 e. The van der Waals surface area contributed by atoms with E-state index in [-0.39, 0.29) is 5.92 Å². The fourth-order valence-corrected chi connectivity index (χ4v) is 4.73. The Balaban J connectivity index is 1.19. The molecule has 0 radical (unpaired) electrons. The van der Waals surface area contributed by atoms with E-state index in [1.54, 1.807) is 6.33 Å². The first-order chi connectivity index (χ1) is 14.2. The van der Waals surface area contributed by atoms with Gasteiger partial charge in [-0.1, -0.05) is 12.1 Å². The van der Waals surface area contributed by atoms with Crippen molar-refractivity contribution in [3.8, 4) is 0 Å². The standard InChI is InChI=1S/C22H26N6O/c1-16-8-9-20(23-13-16)26-10-11-27-19(14-26)12-17(22(27)29)4-2-5-18-6-3-7-21-24-15-25-28(18)21/h3,6-9,13,15,17,19H,2,4-5,10-12,14H2,1H3/t17-,19+/m1/s1. The third-order valence-electron chi connectivity index (χ3n) is 6.26. The van der Waals surface area contributed by atoms with E-state index in [9.17, 15) is 4.79 Å². The summed E-state index contributed by atoms with van der Waals surface area (Å²) in [6.45, 7) is 4.60. The highest BCUT2D eigenvalue weighted by atomic mass is 16.2. The topological polar surface area (TPSA) is 66.6 Å². The van der Waals surface area contributed by atoms with Crippen LogP contribution in [0.4, 0.5) is 5.82 Å². The molecule has 2 fully saturated rings. The van der Waals surface area contributed by atoms with Crippen LogP contribution in [0.15, 0.2) is 42.9 Å². The number of carbonyl (C=O) groups is 1. The van der Waals surface area contributed by atoms with Crippen LogP contribution in [0.5, 0.6) is 0 Å². The smallest absolute Gasteiger partial charge is 0.226 e. The van der Waals surface area contributed by atoms with Crippen molar-refractivity contribution in [1.82, 2.24) is 24.5 Å². The number of hydrogen-bond acceptors (Lipinski definition) is 5. The van der Waals surface area contributed by atoms with Gasteiger partial charge in [0.1, 0.15) is 12.1 Å². The van der Waals surface area contributed by atoms with E-state index in [0.29, 0.717) is 11.9 Å². The quantitative estimate of drug-likeness (QED) is 0.670. The molecule has 3 aromatic rings. The lowest BCUT2D eigenvalue weighted by Gasteiger charge is -2.38. The monoisotopic (exact) mass is 390 g/mol. The van der Waals surface area contributed by atoms with Crippen LogP contribution >= 0.6 is 0 Å². The zero-order chi connectivity index (χ0) is 19.8. The number of aromatic nitrogens is 4. The molecule has 0 N–H and O–H groups in total. The zero-order valence-electron chi connectivity index (χ0n) is 16.7. The van der Waals surface area contributed by atoms with Crippen LogP contribution in [-0.4, -0.2) is 56.1 Å². The molecule has 0 aliphatic carbocycles. The van der Waals surface area contributed by atoms with Gasteiger partial charge in [-0.15, -0.1) is 0 Å². The normalized spacial score (nSPS) is 21.8. The molecule has 150 valence electrons. The van der Waals surface area contributed by atoms with Crippen LogP contribution in [0, 0.1) is 12.8 Å². The SMILES string of the molecule is Cc1ccc(N2CCN3C(=O)[C@H](CCCc4cccc5ncnn45)C[C@H]3C2)nc1. The maximum Gasteiger partial charge on any atom is 0.226 e. The van der Waals surface area contributed by atoms with Crippen LogP contribution in [0.25, 0.3) is 5.65 Å². The molecule has 29 heavy (non-hydrogen) atoms. The summed E-state index contributed by atoms with van der Waals surface area (Å²) in [7, 11) is 0. The molecule has 1 amide bonds. The van der Waals surface area contributed by atoms with Gasteiger partial charge in [0, 0.05) is 37.4 Å². The summed E-state index contributed by atoms with van der Waals surface area (Å²) >= 11 is 0. The fraction of sp³-hybridized carbons (Fsp3) is 0.455. The number of amides is 1. The molecule has 7 heteroatoms. The van der Waals surface area contributed by atoms with Gasteiger partial charge in [-0.25, -0.2) is 14.5 Å². The molecule has 0 bridgehead atoms. The molecule has 0 spiro atoms. The Morgan fingerprint density at radius 3 is 2.93 bits per heavy atom. The number of anilines is 1. The number of pyridine rings is 2. The second kappa shape index (κ2) is 7.46. The molecule has 0 unspecified atom stereocenters. The summed E-state index contributed by atoms with van der Waals surface area (Å²) in [4.78, 5) is 26.1. The van der Waals surface area contributed by atoms with Crippen LogP contribution in [0.3, 0.4) is 0 Å². The minimum absolute atomic E-state index is 0.140. The number of fused-ring (bicyclic) bond motifs is 2. The largest absolute Gasteiger partial charge is 0.353 e. The second-order valence-corrected chi connectivity index (χ2v) is 8.20.